The molecule has 5 nitrogen and oxygen atoms in total. The van der Waals surface area contributed by atoms with Crippen LogP contribution in [0.2, 0.25) is 0 Å². The number of amides is 2. The molecule has 0 radical (unpaired) electrons. The van der Waals surface area contributed by atoms with Gasteiger partial charge in [-0.1, -0.05) is 24.3 Å². The molecule has 2 rings (SSSR count). The lowest BCUT2D eigenvalue weighted by Gasteiger charge is -2.09. The highest BCUT2D eigenvalue weighted by Crippen LogP contribution is 2.11. The van der Waals surface area contributed by atoms with Gasteiger partial charge in [0, 0.05) is 17.8 Å². The third kappa shape index (κ3) is 4.85. The molecule has 2 N–H and O–H groups in total. The number of carbonyl (C=O) groups excluding carboxylic acids is 2. The molecule has 0 aliphatic heterocycles. The van der Waals surface area contributed by atoms with E-state index in [1.54, 1.807) is 31.2 Å². The van der Waals surface area contributed by atoms with Crippen molar-refractivity contribution >= 4 is 17.7 Å². The number of carbonyl (C=O) groups is 2. The summed E-state index contributed by atoms with van der Waals surface area (Å²) in [5.74, 6) is -0.157. The summed E-state index contributed by atoms with van der Waals surface area (Å²) in [4.78, 5) is 23.5. The van der Waals surface area contributed by atoms with Crippen molar-refractivity contribution < 1.29 is 14.3 Å². The van der Waals surface area contributed by atoms with Crippen molar-refractivity contribution in [2.24, 2.45) is 0 Å². The largest absolute Gasteiger partial charge is 0.450 e. The number of rotatable bonds is 5. The van der Waals surface area contributed by atoms with Crippen molar-refractivity contribution in [1.82, 2.24) is 5.32 Å². The van der Waals surface area contributed by atoms with Crippen LogP contribution >= 0.6 is 0 Å². The molecule has 23 heavy (non-hydrogen) atoms. The summed E-state index contributed by atoms with van der Waals surface area (Å²) in [5, 5.41) is 5.47. The lowest BCUT2D eigenvalue weighted by atomic mass is 10.1. The van der Waals surface area contributed by atoms with Crippen LogP contribution in [-0.4, -0.2) is 18.6 Å². The second kappa shape index (κ2) is 7.98. The molecule has 2 aromatic carbocycles. The van der Waals surface area contributed by atoms with Crippen LogP contribution in [-0.2, 0) is 11.3 Å². The van der Waals surface area contributed by atoms with E-state index in [1.807, 2.05) is 31.2 Å². The van der Waals surface area contributed by atoms with Crippen molar-refractivity contribution in [2.75, 3.05) is 11.9 Å². The summed E-state index contributed by atoms with van der Waals surface area (Å²) in [5.41, 5.74) is 3.34. The Balaban J connectivity index is 1.92. The standard InChI is InChI=1S/C18H20N2O3/c1-3-23-18(22)20-16-10-8-14(9-11-16)17(21)19-12-15-7-5-4-6-13(15)2/h4-11H,3,12H2,1-2H3,(H,19,21)(H,20,22). The van der Waals surface area contributed by atoms with Gasteiger partial charge in [-0.3, -0.25) is 10.1 Å². The predicted octanol–water partition coefficient (Wildman–Crippen LogP) is 3.49. The summed E-state index contributed by atoms with van der Waals surface area (Å²) < 4.78 is 4.79. The van der Waals surface area contributed by atoms with Crippen LogP contribution in [0.3, 0.4) is 0 Å². The minimum Gasteiger partial charge on any atom is -0.450 e. The first-order valence-electron chi connectivity index (χ1n) is 7.46. The fraction of sp³-hybridized carbons (Fsp3) is 0.222. The average molecular weight is 312 g/mol. The third-order valence-corrected chi connectivity index (χ3v) is 3.37. The Morgan fingerprint density at radius 1 is 1.04 bits per heavy atom. The molecule has 0 aliphatic carbocycles. The van der Waals surface area contributed by atoms with E-state index in [-0.39, 0.29) is 5.91 Å². The fourth-order valence-corrected chi connectivity index (χ4v) is 2.08. The number of nitrogens with one attached hydrogen (secondary N) is 2. The summed E-state index contributed by atoms with van der Waals surface area (Å²) >= 11 is 0. The van der Waals surface area contributed by atoms with Gasteiger partial charge >= 0.3 is 6.09 Å². The minimum atomic E-state index is -0.510. The smallest absolute Gasteiger partial charge is 0.411 e. The number of benzene rings is 2. The Hall–Kier alpha value is -2.82. The van der Waals surface area contributed by atoms with E-state index in [0.29, 0.717) is 24.4 Å². The lowest BCUT2D eigenvalue weighted by molar-refractivity contribution is 0.0951. The van der Waals surface area contributed by atoms with Gasteiger partial charge in [-0.25, -0.2) is 4.79 Å². The molecular formula is C18H20N2O3. The maximum atomic E-state index is 12.1. The van der Waals surface area contributed by atoms with Crippen molar-refractivity contribution in [3.05, 3.63) is 65.2 Å². The van der Waals surface area contributed by atoms with E-state index in [9.17, 15) is 9.59 Å². The van der Waals surface area contributed by atoms with Gasteiger partial charge in [-0.2, -0.15) is 0 Å². The first-order valence-corrected chi connectivity index (χ1v) is 7.46. The number of ether oxygens (including phenoxy) is 1. The summed E-state index contributed by atoms with van der Waals surface area (Å²) in [6.07, 6.45) is -0.510. The second-order valence-electron chi connectivity index (χ2n) is 5.03. The van der Waals surface area contributed by atoms with Crippen LogP contribution < -0.4 is 10.6 Å². The van der Waals surface area contributed by atoms with E-state index in [4.69, 9.17) is 4.74 Å². The topological polar surface area (TPSA) is 67.4 Å². The monoisotopic (exact) mass is 312 g/mol. The van der Waals surface area contributed by atoms with Crippen LogP contribution in [0.5, 0.6) is 0 Å². The van der Waals surface area contributed by atoms with Gasteiger partial charge in [0.15, 0.2) is 0 Å². The Kier molecular flexibility index (Phi) is 5.74. The Bertz CT molecular complexity index is 681. The molecule has 5 heteroatoms. The third-order valence-electron chi connectivity index (χ3n) is 3.37. The van der Waals surface area contributed by atoms with Crippen LogP contribution in [0, 0.1) is 6.92 Å². The number of aryl methyl sites for hydroxylation is 1. The van der Waals surface area contributed by atoms with Gasteiger partial charge in [-0.15, -0.1) is 0 Å². The molecule has 0 heterocycles. The maximum Gasteiger partial charge on any atom is 0.411 e. The van der Waals surface area contributed by atoms with E-state index in [1.165, 1.54) is 0 Å². The van der Waals surface area contributed by atoms with Gasteiger partial charge < -0.3 is 10.1 Å². The maximum absolute atomic E-state index is 12.1. The predicted molar refractivity (Wildman–Crippen MR) is 89.4 cm³/mol. The molecule has 0 bridgehead atoms. The molecule has 0 unspecified atom stereocenters. The average Bonchev–Trinajstić information content (AvgIpc) is 2.55. The number of hydrogen-bond donors (Lipinski definition) is 2. The van der Waals surface area contributed by atoms with Crippen molar-refractivity contribution in [2.45, 2.75) is 20.4 Å². The van der Waals surface area contributed by atoms with E-state index in [0.717, 1.165) is 11.1 Å². The van der Waals surface area contributed by atoms with E-state index in [2.05, 4.69) is 10.6 Å². The number of anilines is 1. The van der Waals surface area contributed by atoms with Gasteiger partial charge in [0.25, 0.3) is 5.91 Å². The van der Waals surface area contributed by atoms with Gasteiger partial charge in [-0.05, 0) is 49.2 Å². The highest BCUT2D eigenvalue weighted by atomic mass is 16.5. The highest BCUT2D eigenvalue weighted by molar-refractivity contribution is 5.95. The molecule has 0 saturated heterocycles. The Morgan fingerprint density at radius 3 is 2.39 bits per heavy atom. The molecule has 2 amide bonds. The van der Waals surface area contributed by atoms with Crippen LogP contribution in [0.25, 0.3) is 0 Å². The molecular weight excluding hydrogens is 292 g/mol. The van der Waals surface area contributed by atoms with Gasteiger partial charge in [0.2, 0.25) is 0 Å². The zero-order valence-electron chi connectivity index (χ0n) is 13.3. The molecule has 0 fully saturated rings. The molecule has 0 spiro atoms. The zero-order chi connectivity index (χ0) is 16.7. The quantitative estimate of drug-likeness (QED) is 0.888. The van der Waals surface area contributed by atoms with Crippen molar-refractivity contribution in [3.8, 4) is 0 Å². The summed E-state index contributed by atoms with van der Waals surface area (Å²) in [7, 11) is 0. The van der Waals surface area contributed by atoms with Gasteiger partial charge in [0.05, 0.1) is 6.61 Å². The summed E-state index contributed by atoms with van der Waals surface area (Å²) in [6, 6.07) is 14.6. The lowest BCUT2D eigenvalue weighted by Crippen LogP contribution is -2.23. The molecule has 120 valence electrons. The molecule has 0 aliphatic rings. The molecule has 0 atom stereocenters. The van der Waals surface area contributed by atoms with Crippen LogP contribution in [0.15, 0.2) is 48.5 Å². The SMILES string of the molecule is CCOC(=O)Nc1ccc(C(=O)NCc2ccccc2C)cc1. The summed E-state index contributed by atoms with van der Waals surface area (Å²) in [6.45, 7) is 4.54. The first kappa shape index (κ1) is 16.5. The second-order valence-corrected chi connectivity index (χ2v) is 5.03. The van der Waals surface area contributed by atoms with Crippen LogP contribution in [0.1, 0.15) is 28.4 Å². The fourth-order valence-electron chi connectivity index (χ4n) is 2.08. The van der Waals surface area contributed by atoms with Crippen molar-refractivity contribution in [3.63, 3.8) is 0 Å². The molecule has 2 aromatic rings. The molecule has 0 aromatic heterocycles. The zero-order valence-corrected chi connectivity index (χ0v) is 13.3. The molecule has 0 saturated carbocycles. The first-order chi connectivity index (χ1) is 11.1. The van der Waals surface area contributed by atoms with Crippen molar-refractivity contribution in [1.29, 1.82) is 0 Å². The normalized spacial score (nSPS) is 10.0. The van der Waals surface area contributed by atoms with Crippen LogP contribution in [0.4, 0.5) is 10.5 Å². The Morgan fingerprint density at radius 2 is 1.74 bits per heavy atom. The number of hydrogen-bond acceptors (Lipinski definition) is 3. The minimum absolute atomic E-state index is 0.157. The van der Waals surface area contributed by atoms with Gasteiger partial charge in [0.1, 0.15) is 0 Å². The van der Waals surface area contributed by atoms with E-state index < -0.39 is 6.09 Å². The van der Waals surface area contributed by atoms with E-state index >= 15 is 0 Å². The highest BCUT2D eigenvalue weighted by Gasteiger charge is 2.07. The Labute approximate surface area is 135 Å².